The van der Waals surface area contributed by atoms with Crippen LogP contribution in [0.5, 0.6) is 5.75 Å². The van der Waals surface area contributed by atoms with Crippen molar-refractivity contribution in [3.63, 3.8) is 0 Å². The van der Waals surface area contributed by atoms with Crippen LogP contribution in [0.1, 0.15) is 48.8 Å². The van der Waals surface area contributed by atoms with Crippen molar-refractivity contribution in [3.05, 3.63) is 87.5 Å². The Balaban J connectivity index is 1.33. The first-order valence-corrected chi connectivity index (χ1v) is 14.6. The van der Waals surface area contributed by atoms with Gasteiger partial charge in [-0.15, -0.1) is 0 Å². The SMILES string of the molecule is CCC(C(=O)Oc1ccc(S(=O)(=O)N2CCc3ccc([N+](=O)[O-])cc32)cc1C)c1ccc(N2CCCC2)cc1. The van der Waals surface area contributed by atoms with Gasteiger partial charge in [-0.2, -0.15) is 0 Å². The number of rotatable bonds is 8. The van der Waals surface area contributed by atoms with Crippen molar-refractivity contribution < 1.29 is 22.9 Å². The van der Waals surface area contributed by atoms with E-state index in [2.05, 4.69) is 4.90 Å². The van der Waals surface area contributed by atoms with Crippen molar-refractivity contribution in [2.45, 2.75) is 50.3 Å². The van der Waals surface area contributed by atoms with Crippen molar-refractivity contribution in [3.8, 4) is 5.75 Å². The standard InChI is InChI=1S/C29H31N3O6S/c1-3-26(21-6-9-23(10-7-21)30-15-4-5-16-30)29(33)38-28-13-12-25(18-20(28)2)39(36,37)31-17-14-22-8-11-24(32(34)35)19-27(22)31/h6-13,18-19,26H,3-5,14-17H2,1-2H3. The van der Waals surface area contributed by atoms with Gasteiger partial charge in [0.2, 0.25) is 0 Å². The zero-order chi connectivity index (χ0) is 27.7. The molecule has 0 N–H and O–H groups in total. The topological polar surface area (TPSA) is 110 Å². The molecule has 2 heterocycles. The quantitative estimate of drug-likeness (QED) is 0.161. The van der Waals surface area contributed by atoms with Crippen LogP contribution < -0.4 is 13.9 Å². The van der Waals surface area contributed by atoms with Crippen LogP contribution in [0.25, 0.3) is 0 Å². The van der Waals surface area contributed by atoms with Gasteiger partial charge < -0.3 is 9.64 Å². The summed E-state index contributed by atoms with van der Waals surface area (Å²) in [5.74, 6) is -0.549. The second-order valence-electron chi connectivity index (χ2n) is 9.99. The number of sulfonamides is 1. The maximum Gasteiger partial charge on any atom is 0.318 e. The minimum atomic E-state index is -3.97. The molecule has 9 nitrogen and oxygen atoms in total. The molecule has 3 aromatic carbocycles. The Morgan fingerprint density at radius 2 is 1.74 bits per heavy atom. The van der Waals surface area contributed by atoms with E-state index in [-0.39, 0.29) is 17.1 Å². The predicted octanol–water partition coefficient (Wildman–Crippen LogP) is 5.35. The number of hydrogen-bond acceptors (Lipinski definition) is 7. The lowest BCUT2D eigenvalue weighted by molar-refractivity contribution is -0.384. The van der Waals surface area contributed by atoms with E-state index in [9.17, 15) is 23.3 Å². The number of aryl methyl sites for hydroxylation is 1. The maximum atomic E-state index is 13.5. The smallest absolute Gasteiger partial charge is 0.318 e. The number of esters is 1. The van der Waals surface area contributed by atoms with E-state index in [1.54, 1.807) is 13.0 Å². The van der Waals surface area contributed by atoms with Gasteiger partial charge in [0.25, 0.3) is 15.7 Å². The Morgan fingerprint density at radius 3 is 2.38 bits per heavy atom. The number of benzene rings is 3. The molecule has 10 heteroatoms. The molecule has 1 atom stereocenters. The molecule has 1 unspecified atom stereocenters. The molecule has 3 aromatic rings. The molecule has 0 saturated carbocycles. The highest BCUT2D eigenvalue weighted by atomic mass is 32.2. The summed E-state index contributed by atoms with van der Waals surface area (Å²) in [5, 5.41) is 11.2. The number of nitrogens with zero attached hydrogens (tertiary/aromatic N) is 3. The van der Waals surface area contributed by atoms with E-state index in [0.717, 1.165) is 29.9 Å². The third-order valence-electron chi connectivity index (χ3n) is 7.54. The lowest BCUT2D eigenvalue weighted by Crippen LogP contribution is -2.29. The summed E-state index contributed by atoms with van der Waals surface area (Å²) < 4.78 is 33.9. The van der Waals surface area contributed by atoms with Gasteiger partial charge in [-0.25, -0.2) is 8.42 Å². The molecule has 2 aliphatic rings. The number of nitro benzene ring substituents is 1. The Bertz CT molecular complexity index is 1510. The molecule has 39 heavy (non-hydrogen) atoms. The summed E-state index contributed by atoms with van der Waals surface area (Å²) in [6.07, 6.45) is 3.42. The van der Waals surface area contributed by atoms with Gasteiger partial charge >= 0.3 is 5.97 Å². The number of fused-ring (bicyclic) bond motifs is 1. The van der Waals surface area contributed by atoms with Gasteiger partial charge in [0, 0.05) is 37.5 Å². The summed E-state index contributed by atoms with van der Waals surface area (Å²) >= 11 is 0. The first kappa shape index (κ1) is 26.7. The number of anilines is 2. The van der Waals surface area contributed by atoms with Gasteiger partial charge in [-0.3, -0.25) is 19.2 Å². The molecular weight excluding hydrogens is 518 g/mol. The normalized spacial score (nSPS) is 15.7. The van der Waals surface area contributed by atoms with Crippen LogP contribution in [0.15, 0.2) is 65.6 Å². The van der Waals surface area contributed by atoms with Crippen molar-refractivity contribution in [1.29, 1.82) is 0 Å². The molecule has 2 aliphatic heterocycles. The van der Waals surface area contributed by atoms with Crippen LogP contribution in [0.3, 0.4) is 0 Å². The van der Waals surface area contributed by atoms with Crippen LogP contribution in [0, 0.1) is 17.0 Å². The summed E-state index contributed by atoms with van der Waals surface area (Å²) in [7, 11) is -3.97. The van der Waals surface area contributed by atoms with Gasteiger partial charge in [0.05, 0.1) is 21.4 Å². The highest BCUT2D eigenvalue weighted by Crippen LogP contribution is 2.36. The molecule has 1 fully saturated rings. The predicted molar refractivity (Wildman–Crippen MR) is 149 cm³/mol. The number of ether oxygens (including phenoxy) is 1. The molecule has 5 rings (SSSR count). The molecule has 0 aromatic heterocycles. The second-order valence-corrected chi connectivity index (χ2v) is 11.9. The van der Waals surface area contributed by atoms with E-state index in [1.807, 2.05) is 31.2 Å². The van der Waals surface area contributed by atoms with E-state index in [0.29, 0.717) is 29.8 Å². The van der Waals surface area contributed by atoms with Crippen LogP contribution in [-0.2, 0) is 21.2 Å². The van der Waals surface area contributed by atoms with E-state index >= 15 is 0 Å². The fourth-order valence-electron chi connectivity index (χ4n) is 5.34. The maximum absolute atomic E-state index is 13.5. The van der Waals surface area contributed by atoms with E-state index in [4.69, 9.17) is 4.74 Å². The molecule has 0 aliphatic carbocycles. The van der Waals surface area contributed by atoms with Gasteiger partial charge in [-0.1, -0.05) is 25.1 Å². The molecule has 0 radical (unpaired) electrons. The fourth-order valence-corrected chi connectivity index (χ4v) is 6.92. The van der Waals surface area contributed by atoms with Crippen LogP contribution >= 0.6 is 0 Å². The summed E-state index contributed by atoms with van der Waals surface area (Å²) in [5.41, 5.74) is 3.43. The average molecular weight is 550 g/mol. The van der Waals surface area contributed by atoms with Crippen LogP contribution in [-0.4, -0.2) is 38.9 Å². The first-order chi connectivity index (χ1) is 18.7. The lowest BCUT2D eigenvalue weighted by atomic mass is 9.96. The van der Waals surface area contributed by atoms with Crippen molar-refractivity contribution in [2.24, 2.45) is 0 Å². The summed E-state index contributed by atoms with van der Waals surface area (Å²) in [4.78, 5) is 26.2. The van der Waals surface area contributed by atoms with Crippen molar-refractivity contribution in [2.75, 3.05) is 28.8 Å². The van der Waals surface area contributed by atoms with Gasteiger partial charge in [-0.05, 0) is 79.6 Å². The highest BCUT2D eigenvalue weighted by Gasteiger charge is 2.33. The summed E-state index contributed by atoms with van der Waals surface area (Å²) in [6, 6.07) is 16.7. The largest absolute Gasteiger partial charge is 0.426 e. The molecule has 0 amide bonds. The Labute approximate surface area is 228 Å². The first-order valence-electron chi connectivity index (χ1n) is 13.2. The number of carbonyl (C=O) groups excluding carboxylic acids is 1. The number of nitro groups is 1. The van der Waals surface area contributed by atoms with Crippen LogP contribution in [0.2, 0.25) is 0 Å². The fraction of sp³-hybridized carbons (Fsp3) is 0.345. The number of non-ortho nitro benzene ring substituents is 1. The molecule has 204 valence electrons. The second kappa shape index (κ2) is 10.7. The minimum absolute atomic E-state index is 0.0312. The van der Waals surface area contributed by atoms with E-state index < -0.39 is 26.8 Å². The number of carbonyl (C=O) groups is 1. The zero-order valence-corrected chi connectivity index (χ0v) is 22.8. The molecule has 0 bridgehead atoms. The van der Waals surface area contributed by atoms with Crippen molar-refractivity contribution >= 4 is 33.1 Å². The molecule has 1 saturated heterocycles. The van der Waals surface area contributed by atoms with E-state index in [1.165, 1.54) is 47.5 Å². The minimum Gasteiger partial charge on any atom is -0.426 e. The van der Waals surface area contributed by atoms with Gasteiger partial charge in [0.1, 0.15) is 5.75 Å². The van der Waals surface area contributed by atoms with Gasteiger partial charge in [0.15, 0.2) is 0 Å². The van der Waals surface area contributed by atoms with Crippen LogP contribution in [0.4, 0.5) is 17.1 Å². The van der Waals surface area contributed by atoms with Crippen molar-refractivity contribution in [1.82, 2.24) is 0 Å². The average Bonchev–Trinajstić information content (AvgIpc) is 3.61. The zero-order valence-electron chi connectivity index (χ0n) is 22.0. The third kappa shape index (κ3) is 5.21. The Morgan fingerprint density at radius 1 is 1.03 bits per heavy atom. The Kier molecular flexibility index (Phi) is 7.31. The Hall–Kier alpha value is -3.92. The molecular formula is C29H31N3O6S. The highest BCUT2D eigenvalue weighted by molar-refractivity contribution is 7.92. The molecule has 0 spiro atoms. The third-order valence-corrected chi connectivity index (χ3v) is 9.35. The lowest BCUT2D eigenvalue weighted by Gasteiger charge is -2.21. The monoisotopic (exact) mass is 549 g/mol. The number of hydrogen-bond donors (Lipinski definition) is 0. The summed E-state index contributed by atoms with van der Waals surface area (Å²) in [6.45, 7) is 5.92.